The number of rotatable bonds is 6. The Morgan fingerprint density at radius 2 is 1.86 bits per heavy atom. The predicted octanol–water partition coefficient (Wildman–Crippen LogP) is 0.811. The minimum Gasteiger partial charge on any atom is -0.480 e. The number of esters is 1. The van der Waals surface area contributed by atoms with E-state index in [2.05, 4.69) is 15.4 Å². The number of amides is 2. The Morgan fingerprint density at radius 3 is 2.38 bits per heavy atom. The van der Waals surface area contributed by atoms with Crippen LogP contribution in [0.25, 0.3) is 0 Å². The lowest BCUT2D eigenvalue weighted by atomic mass is 10.1. The minimum atomic E-state index is -1.32. The van der Waals surface area contributed by atoms with Crippen LogP contribution < -0.4 is 10.6 Å². The normalized spacial score (nSPS) is 11.3. The molecule has 1 rings (SSSR count). The zero-order chi connectivity index (χ0) is 15.8. The summed E-state index contributed by atoms with van der Waals surface area (Å²) in [7, 11) is 1.15. The molecular formula is C14H18N2O5. The third kappa shape index (κ3) is 5.94. The number of nitrogens with one attached hydrogen (secondary N) is 2. The van der Waals surface area contributed by atoms with Gasteiger partial charge in [0, 0.05) is 6.54 Å². The summed E-state index contributed by atoms with van der Waals surface area (Å²) >= 11 is 0. The van der Waals surface area contributed by atoms with Gasteiger partial charge < -0.3 is 20.5 Å². The van der Waals surface area contributed by atoms with Crippen molar-refractivity contribution in [1.82, 2.24) is 10.6 Å². The molecule has 0 aromatic heterocycles. The van der Waals surface area contributed by atoms with Gasteiger partial charge in [-0.3, -0.25) is 4.79 Å². The Labute approximate surface area is 122 Å². The van der Waals surface area contributed by atoms with E-state index in [4.69, 9.17) is 5.11 Å². The first kappa shape index (κ1) is 16.5. The Bertz CT molecular complexity index is 513. The van der Waals surface area contributed by atoms with Gasteiger partial charge in [0.1, 0.15) is 6.04 Å². The van der Waals surface area contributed by atoms with Gasteiger partial charge in [-0.1, -0.05) is 29.8 Å². The summed E-state index contributed by atoms with van der Waals surface area (Å²) in [6, 6.07) is 5.55. The smallest absolute Gasteiger partial charge is 0.326 e. The lowest BCUT2D eigenvalue weighted by Gasteiger charge is -2.14. The Morgan fingerprint density at radius 1 is 1.24 bits per heavy atom. The van der Waals surface area contributed by atoms with Gasteiger partial charge in [-0.05, 0) is 12.5 Å². The van der Waals surface area contributed by atoms with Crippen molar-refractivity contribution in [2.45, 2.75) is 25.9 Å². The molecule has 0 heterocycles. The highest BCUT2D eigenvalue weighted by Gasteiger charge is 2.23. The molecule has 1 atom stereocenters. The second kappa shape index (κ2) is 7.88. The van der Waals surface area contributed by atoms with E-state index in [9.17, 15) is 14.4 Å². The lowest BCUT2D eigenvalue weighted by Crippen LogP contribution is -2.46. The quantitative estimate of drug-likeness (QED) is 0.673. The topological polar surface area (TPSA) is 105 Å². The van der Waals surface area contributed by atoms with Crippen LogP contribution in [0.4, 0.5) is 4.79 Å². The highest BCUT2D eigenvalue weighted by Crippen LogP contribution is 2.02. The Kier molecular flexibility index (Phi) is 6.19. The van der Waals surface area contributed by atoms with Gasteiger partial charge in [0.05, 0.1) is 13.5 Å². The van der Waals surface area contributed by atoms with E-state index in [1.807, 2.05) is 31.2 Å². The average molecular weight is 294 g/mol. The summed E-state index contributed by atoms with van der Waals surface area (Å²) in [6.07, 6.45) is -0.427. The molecule has 0 saturated heterocycles. The number of carbonyl (C=O) groups excluding carboxylic acids is 2. The Balaban J connectivity index is 2.48. The number of methoxy groups -OCH3 is 1. The molecular weight excluding hydrogens is 276 g/mol. The van der Waals surface area contributed by atoms with Crippen molar-refractivity contribution in [3.8, 4) is 0 Å². The molecule has 0 spiro atoms. The van der Waals surface area contributed by atoms with Crippen LogP contribution in [0.5, 0.6) is 0 Å². The van der Waals surface area contributed by atoms with E-state index in [0.717, 1.165) is 18.2 Å². The maximum atomic E-state index is 11.6. The van der Waals surface area contributed by atoms with Crippen LogP contribution in [0.2, 0.25) is 0 Å². The first-order valence-electron chi connectivity index (χ1n) is 6.32. The van der Waals surface area contributed by atoms with E-state index in [-0.39, 0.29) is 6.54 Å². The van der Waals surface area contributed by atoms with Crippen LogP contribution in [0, 0.1) is 6.92 Å². The van der Waals surface area contributed by atoms with Crippen LogP contribution in [0.1, 0.15) is 17.5 Å². The number of hydrogen-bond donors (Lipinski definition) is 3. The molecule has 0 fully saturated rings. The fourth-order valence-corrected chi connectivity index (χ4v) is 1.55. The van der Waals surface area contributed by atoms with Gasteiger partial charge in [-0.15, -0.1) is 0 Å². The molecule has 0 aliphatic heterocycles. The summed E-state index contributed by atoms with van der Waals surface area (Å²) < 4.78 is 4.38. The van der Waals surface area contributed by atoms with Crippen LogP contribution in [0.15, 0.2) is 24.3 Å². The summed E-state index contributed by atoms with van der Waals surface area (Å²) in [5.74, 6) is -2.01. The van der Waals surface area contributed by atoms with Gasteiger partial charge in [-0.25, -0.2) is 9.59 Å². The highest BCUT2D eigenvalue weighted by molar-refractivity contribution is 5.86. The number of carboxylic acids is 1. The van der Waals surface area contributed by atoms with Crippen molar-refractivity contribution >= 4 is 18.0 Å². The monoisotopic (exact) mass is 294 g/mol. The fourth-order valence-electron chi connectivity index (χ4n) is 1.55. The number of hydrogen-bond acceptors (Lipinski definition) is 4. The molecule has 0 radical (unpaired) electrons. The number of benzene rings is 1. The number of carboxylic acid groups (broad SMARTS) is 1. The van der Waals surface area contributed by atoms with Crippen molar-refractivity contribution in [1.29, 1.82) is 0 Å². The summed E-state index contributed by atoms with van der Waals surface area (Å²) in [5, 5.41) is 13.7. The molecule has 0 bridgehead atoms. The number of carbonyl (C=O) groups is 3. The highest BCUT2D eigenvalue weighted by atomic mass is 16.5. The molecule has 0 saturated carbocycles. The lowest BCUT2D eigenvalue weighted by molar-refractivity contribution is -0.147. The van der Waals surface area contributed by atoms with E-state index in [1.54, 1.807) is 0 Å². The van der Waals surface area contributed by atoms with Crippen LogP contribution in [0.3, 0.4) is 0 Å². The van der Waals surface area contributed by atoms with Crippen molar-refractivity contribution in [3.05, 3.63) is 35.4 Å². The van der Waals surface area contributed by atoms with Gasteiger partial charge in [0.15, 0.2) is 0 Å². The molecule has 0 aliphatic carbocycles. The molecule has 2 amide bonds. The largest absolute Gasteiger partial charge is 0.480 e. The number of ether oxygens (including phenoxy) is 1. The molecule has 114 valence electrons. The third-order valence-electron chi connectivity index (χ3n) is 2.78. The molecule has 0 unspecified atom stereocenters. The Hall–Kier alpha value is -2.57. The maximum Gasteiger partial charge on any atom is 0.326 e. The zero-order valence-electron chi connectivity index (χ0n) is 11.9. The fraction of sp³-hybridized carbons (Fsp3) is 0.357. The number of aryl methyl sites for hydroxylation is 1. The molecule has 1 aromatic rings. The summed E-state index contributed by atoms with van der Waals surface area (Å²) in [5.41, 5.74) is 1.99. The molecule has 7 heteroatoms. The summed E-state index contributed by atoms with van der Waals surface area (Å²) in [6.45, 7) is 2.21. The van der Waals surface area contributed by atoms with Crippen molar-refractivity contribution in [2.24, 2.45) is 0 Å². The maximum absolute atomic E-state index is 11.6. The average Bonchev–Trinajstić information content (AvgIpc) is 2.45. The van der Waals surface area contributed by atoms with E-state index in [0.29, 0.717) is 0 Å². The van der Waals surface area contributed by atoms with Crippen LogP contribution >= 0.6 is 0 Å². The summed E-state index contributed by atoms with van der Waals surface area (Å²) in [4.78, 5) is 33.6. The third-order valence-corrected chi connectivity index (χ3v) is 2.78. The number of aliphatic carboxylic acids is 1. The van der Waals surface area contributed by atoms with Crippen LogP contribution in [-0.4, -0.2) is 36.2 Å². The standard InChI is InChI=1S/C14H18N2O5/c1-9-3-5-10(6-4-9)8-15-14(20)16-11(13(18)19)7-12(17)21-2/h3-6,11H,7-8H2,1-2H3,(H,18,19)(H2,15,16,20)/t11-/m0/s1. The molecule has 3 N–H and O–H groups in total. The first-order chi connectivity index (χ1) is 9.92. The molecule has 1 aromatic carbocycles. The van der Waals surface area contributed by atoms with Gasteiger partial charge >= 0.3 is 18.0 Å². The molecule has 7 nitrogen and oxygen atoms in total. The second-order valence-electron chi connectivity index (χ2n) is 4.48. The second-order valence-corrected chi connectivity index (χ2v) is 4.48. The van der Waals surface area contributed by atoms with Crippen molar-refractivity contribution in [3.63, 3.8) is 0 Å². The van der Waals surface area contributed by atoms with Gasteiger partial charge in [-0.2, -0.15) is 0 Å². The minimum absolute atomic E-state index is 0.261. The predicted molar refractivity (Wildman–Crippen MR) is 74.6 cm³/mol. The van der Waals surface area contributed by atoms with E-state index < -0.39 is 30.4 Å². The molecule has 0 aliphatic rings. The van der Waals surface area contributed by atoms with Gasteiger partial charge in [0.25, 0.3) is 0 Å². The van der Waals surface area contributed by atoms with Crippen molar-refractivity contribution in [2.75, 3.05) is 7.11 Å². The van der Waals surface area contributed by atoms with Crippen molar-refractivity contribution < 1.29 is 24.2 Å². The molecule has 21 heavy (non-hydrogen) atoms. The first-order valence-corrected chi connectivity index (χ1v) is 6.32. The SMILES string of the molecule is COC(=O)C[C@H](NC(=O)NCc1ccc(C)cc1)C(=O)O. The zero-order valence-corrected chi connectivity index (χ0v) is 11.9. The van der Waals surface area contributed by atoms with Crippen LogP contribution in [-0.2, 0) is 20.9 Å². The van der Waals surface area contributed by atoms with Gasteiger partial charge in [0.2, 0.25) is 0 Å². The van der Waals surface area contributed by atoms with E-state index in [1.165, 1.54) is 0 Å². The van der Waals surface area contributed by atoms with E-state index >= 15 is 0 Å². The number of urea groups is 1.